The van der Waals surface area contributed by atoms with E-state index in [4.69, 9.17) is 4.74 Å². The highest BCUT2D eigenvalue weighted by Crippen LogP contribution is 2.35. The fourth-order valence-corrected chi connectivity index (χ4v) is 3.46. The van der Waals surface area contributed by atoms with Crippen molar-refractivity contribution < 1.29 is 14.5 Å². The molecule has 2 aromatic rings. The summed E-state index contributed by atoms with van der Waals surface area (Å²) in [5, 5.41) is 11.3. The zero-order valence-electron chi connectivity index (χ0n) is 13.3. The van der Waals surface area contributed by atoms with Crippen LogP contribution in [0.25, 0.3) is 0 Å². The fraction of sp³-hybridized carbons (Fsp3) is 0.250. The molecule has 0 spiro atoms. The third kappa shape index (κ3) is 3.88. The topological polar surface area (TPSA) is 81.8 Å². The molecule has 0 radical (unpaired) electrons. The Labute approximate surface area is 151 Å². The number of rotatable bonds is 5. The molecule has 8 heteroatoms. The summed E-state index contributed by atoms with van der Waals surface area (Å²) < 4.78 is 5.65. The molecule has 0 aliphatic rings. The van der Waals surface area contributed by atoms with Crippen molar-refractivity contribution in [2.75, 3.05) is 6.61 Å². The number of hydrogen-bond acceptors (Lipinski definition) is 6. The predicted molar refractivity (Wildman–Crippen MR) is 97.8 cm³/mol. The summed E-state index contributed by atoms with van der Waals surface area (Å²) in [6.45, 7) is 5.83. The number of benzene rings is 1. The van der Waals surface area contributed by atoms with Crippen molar-refractivity contribution in [2.45, 2.75) is 20.8 Å². The van der Waals surface area contributed by atoms with Crippen LogP contribution in [0.1, 0.15) is 33.3 Å². The number of thiophene rings is 1. The maximum atomic E-state index is 12.1. The number of halogens is 1. The lowest BCUT2D eigenvalue weighted by Gasteiger charge is -2.02. The lowest BCUT2D eigenvalue weighted by atomic mass is 10.1. The molecule has 0 unspecified atom stereocenters. The maximum Gasteiger partial charge on any atom is 0.341 e. The minimum absolute atomic E-state index is 0.00551. The molecule has 0 atom stereocenters. The van der Waals surface area contributed by atoms with Crippen LogP contribution in [-0.4, -0.2) is 23.7 Å². The molecule has 1 heterocycles. The summed E-state index contributed by atoms with van der Waals surface area (Å²) in [5.41, 5.74) is 2.00. The van der Waals surface area contributed by atoms with Crippen LogP contribution in [0.3, 0.4) is 0 Å². The molecule has 0 amide bonds. The first-order chi connectivity index (χ1) is 11.3. The Morgan fingerprint density at radius 3 is 2.75 bits per heavy atom. The van der Waals surface area contributed by atoms with Gasteiger partial charge < -0.3 is 4.74 Å². The number of nitro groups is 1. The van der Waals surface area contributed by atoms with Crippen molar-refractivity contribution >= 4 is 50.1 Å². The van der Waals surface area contributed by atoms with E-state index >= 15 is 0 Å². The smallest absolute Gasteiger partial charge is 0.341 e. The quantitative estimate of drug-likeness (QED) is 0.301. The van der Waals surface area contributed by atoms with E-state index in [0.29, 0.717) is 27.2 Å². The molecule has 2 rings (SSSR count). The third-order valence-corrected chi connectivity index (χ3v) is 5.16. The van der Waals surface area contributed by atoms with E-state index in [1.54, 1.807) is 19.2 Å². The van der Waals surface area contributed by atoms with Gasteiger partial charge in [-0.3, -0.25) is 10.1 Å². The number of esters is 1. The Hall–Kier alpha value is -2.06. The number of hydrogen-bond donors (Lipinski definition) is 0. The lowest BCUT2D eigenvalue weighted by Crippen LogP contribution is -2.05. The molecule has 0 fully saturated rings. The number of ether oxygens (including phenoxy) is 1. The van der Waals surface area contributed by atoms with Crippen LogP contribution < -0.4 is 0 Å². The largest absolute Gasteiger partial charge is 0.462 e. The molecule has 0 saturated heterocycles. The number of non-ortho nitro benzene ring substituents is 1. The van der Waals surface area contributed by atoms with Gasteiger partial charge in [0.05, 0.1) is 17.1 Å². The SMILES string of the molecule is CCOC(=O)c1c(/N=C/c2ccc([N+](=O)[O-])cc2Br)sc(C)c1C. The lowest BCUT2D eigenvalue weighted by molar-refractivity contribution is -0.384. The molecule has 24 heavy (non-hydrogen) atoms. The summed E-state index contributed by atoms with van der Waals surface area (Å²) in [5.74, 6) is -0.394. The van der Waals surface area contributed by atoms with Crippen LogP contribution in [0.5, 0.6) is 0 Å². The molecule has 0 bridgehead atoms. The number of aliphatic imine (C=N–C) groups is 1. The Kier molecular flexibility index (Phi) is 5.84. The van der Waals surface area contributed by atoms with Gasteiger partial charge in [-0.2, -0.15) is 0 Å². The van der Waals surface area contributed by atoms with Gasteiger partial charge in [-0.05, 0) is 48.3 Å². The number of nitro benzene ring substituents is 1. The highest BCUT2D eigenvalue weighted by atomic mass is 79.9. The Bertz CT molecular complexity index is 830. The summed E-state index contributed by atoms with van der Waals surface area (Å²) in [6, 6.07) is 4.42. The third-order valence-electron chi connectivity index (χ3n) is 3.36. The van der Waals surface area contributed by atoms with Crippen molar-refractivity contribution in [1.82, 2.24) is 0 Å². The molecule has 0 aliphatic heterocycles. The zero-order valence-corrected chi connectivity index (χ0v) is 15.7. The zero-order chi connectivity index (χ0) is 17.9. The molecule has 6 nitrogen and oxygen atoms in total. The number of nitrogens with zero attached hydrogens (tertiary/aromatic N) is 2. The normalized spacial score (nSPS) is 11.0. The van der Waals surface area contributed by atoms with Gasteiger partial charge in [-0.25, -0.2) is 9.79 Å². The van der Waals surface area contributed by atoms with Crippen LogP contribution in [0.4, 0.5) is 10.7 Å². The molecular weight excluding hydrogens is 396 g/mol. The van der Waals surface area contributed by atoms with E-state index in [2.05, 4.69) is 20.9 Å². The summed E-state index contributed by atoms with van der Waals surface area (Å²) in [7, 11) is 0. The van der Waals surface area contributed by atoms with Gasteiger partial charge in [0.25, 0.3) is 5.69 Å². The van der Waals surface area contributed by atoms with E-state index in [1.807, 2.05) is 13.8 Å². The van der Waals surface area contributed by atoms with Gasteiger partial charge in [0, 0.05) is 33.3 Å². The van der Waals surface area contributed by atoms with E-state index in [-0.39, 0.29) is 5.69 Å². The van der Waals surface area contributed by atoms with Crippen molar-refractivity contribution in [3.63, 3.8) is 0 Å². The van der Waals surface area contributed by atoms with E-state index in [9.17, 15) is 14.9 Å². The van der Waals surface area contributed by atoms with Crippen molar-refractivity contribution in [1.29, 1.82) is 0 Å². The molecule has 1 aromatic heterocycles. The number of carbonyl (C=O) groups excluding carboxylic acids is 1. The first kappa shape index (κ1) is 18.3. The van der Waals surface area contributed by atoms with Crippen molar-refractivity contribution in [3.05, 3.63) is 54.4 Å². The molecule has 126 valence electrons. The van der Waals surface area contributed by atoms with Gasteiger partial charge in [0.2, 0.25) is 0 Å². The van der Waals surface area contributed by atoms with Crippen LogP contribution >= 0.6 is 27.3 Å². The second-order valence-electron chi connectivity index (χ2n) is 4.90. The number of aryl methyl sites for hydroxylation is 1. The van der Waals surface area contributed by atoms with Crippen LogP contribution in [0.15, 0.2) is 27.7 Å². The second kappa shape index (κ2) is 7.67. The Balaban J connectivity index is 2.38. The predicted octanol–water partition coefficient (Wildman–Crippen LogP) is 4.96. The van der Waals surface area contributed by atoms with Gasteiger partial charge in [-0.1, -0.05) is 0 Å². The van der Waals surface area contributed by atoms with Crippen molar-refractivity contribution in [3.8, 4) is 0 Å². The summed E-state index contributed by atoms with van der Waals surface area (Å²) in [6.07, 6.45) is 1.57. The average Bonchev–Trinajstić information content (AvgIpc) is 2.81. The second-order valence-corrected chi connectivity index (χ2v) is 6.96. The van der Waals surface area contributed by atoms with E-state index < -0.39 is 10.9 Å². The first-order valence-corrected chi connectivity index (χ1v) is 8.71. The van der Waals surface area contributed by atoms with Gasteiger partial charge in [-0.15, -0.1) is 11.3 Å². The molecule has 0 aliphatic carbocycles. The van der Waals surface area contributed by atoms with Crippen LogP contribution in [0, 0.1) is 24.0 Å². The molecule has 0 saturated carbocycles. The fourth-order valence-electron chi connectivity index (χ4n) is 2.01. The van der Waals surface area contributed by atoms with Gasteiger partial charge in [0.1, 0.15) is 5.00 Å². The minimum atomic E-state index is -0.462. The summed E-state index contributed by atoms with van der Waals surface area (Å²) in [4.78, 5) is 27.8. The Morgan fingerprint density at radius 1 is 1.46 bits per heavy atom. The standard InChI is InChI=1S/C16H15BrN2O4S/c1-4-23-16(20)14-9(2)10(3)24-15(14)18-8-11-5-6-12(19(21)22)7-13(11)17/h5-8H,4H2,1-3H3/b18-8+. The molecular formula is C16H15BrN2O4S. The average molecular weight is 411 g/mol. The minimum Gasteiger partial charge on any atom is -0.462 e. The maximum absolute atomic E-state index is 12.1. The van der Waals surface area contributed by atoms with Gasteiger partial charge >= 0.3 is 5.97 Å². The molecule has 1 aromatic carbocycles. The van der Waals surface area contributed by atoms with Gasteiger partial charge in [0.15, 0.2) is 0 Å². The monoisotopic (exact) mass is 410 g/mol. The molecule has 0 N–H and O–H groups in total. The van der Waals surface area contributed by atoms with Crippen LogP contribution in [-0.2, 0) is 4.74 Å². The first-order valence-electron chi connectivity index (χ1n) is 7.10. The van der Waals surface area contributed by atoms with Crippen LogP contribution in [0.2, 0.25) is 0 Å². The van der Waals surface area contributed by atoms with Crippen molar-refractivity contribution in [2.24, 2.45) is 4.99 Å². The highest BCUT2D eigenvalue weighted by Gasteiger charge is 2.20. The van der Waals surface area contributed by atoms with E-state index in [0.717, 1.165) is 10.4 Å². The summed E-state index contributed by atoms with van der Waals surface area (Å²) >= 11 is 4.70. The Morgan fingerprint density at radius 2 is 2.17 bits per heavy atom. The highest BCUT2D eigenvalue weighted by molar-refractivity contribution is 9.10. The number of carbonyl (C=O) groups is 1. The van der Waals surface area contributed by atoms with E-state index in [1.165, 1.54) is 23.5 Å².